The molecule has 1 saturated heterocycles. The number of aromatic nitrogens is 2. The molecule has 0 saturated carbocycles. The molecule has 2 aliphatic rings. The van der Waals surface area contributed by atoms with Crippen LogP contribution in [-0.4, -0.2) is 53.6 Å². The van der Waals surface area contributed by atoms with Gasteiger partial charge < -0.3 is 10.2 Å². The van der Waals surface area contributed by atoms with Gasteiger partial charge in [-0.3, -0.25) is 4.79 Å². The Labute approximate surface area is 181 Å². The highest BCUT2D eigenvalue weighted by Gasteiger charge is 2.39. The van der Waals surface area contributed by atoms with Crippen molar-refractivity contribution >= 4 is 21.7 Å². The molecular formula is C21H26FN5O3S. The molecule has 1 aromatic heterocycles. The molecule has 0 radical (unpaired) electrons. The maximum absolute atomic E-state index is 14.1. The van der Waals surface area contributed by atoms with E-state index in [1.807, 2.05) is 0 Å². The number of nitrogens with one attached hydrogen (secondary N) is 1. The second-order valence-electron chi connectivity index (χ2n) is 7.98. The molecule has 3 heterocycles. The Hall–Kier alpha value is -2.59. The third-order valence-electron chi connectivity index (χ3n) is 6.02. The van der Waals surface area contributed by atoms with E-state index in [2.05, 4.69) is 10.3 Å². The van der Waals surface area contributed by atoms with Crippen LogP contribution in [0.3, 0.4) is 0 Å². The summed E-state index contributed by atoms with van der Waals surface area (Å²) in [5.41, 5.74) is 2.09. The van der Waals surface area contributed by atoms with Crippen LogP contribution in [-0.2, 0) is 27.8 Å². The highest BCUT2D eigenvalue weighted by Crippen LogP contribution is 2.37. The molecule has 10 heteroatoms. The number of aryl methyl sites for hydroxylation is 1. The molecule has 0 bridgehead atoms. The van der Waals surface area contributed by atoms with Crippen LogP contribution in [0.25, 0.3) is 0 Å². The number of amides is 1. The third kappa shape index (κ3) is 3.89. The number of hydrogen-bond acceptors (Lipinski definition) is 6. The molecule has 0 spiro atoms. The number of carbonyl (C=O) groups is 1. The number of anilines is 1. The molecule has 1 amide bonds. The first-order valence-electron chi connectivity index (χ1n) is 10.3. The standard InChI is InChI=1S/C21H26FN5O3S/c1-13-6-7-15(11-17(13)22)31(29,30)27-9-4-5-19(27)21-24-18-12-26(14(2)28)10-8-16(18)20(23-3)25-21/h6-7,11,19H,4-5,8-10,12H2,1-3H3,(H,23,24,25). The number of nitrogens with zero attached hydrogens (tertiary/aromatic N) is 4. The van der Waals surface area contributed by atoms with E-state index in [0.29, 0.717) is 56.1 Å². The maximum Gasteiger partial charge on any atom is 0.243 e. The number of halogens is 1. The van der Waals surface area contributed by atoms with Crippen molar-refractivity contribution in [2.45, 2.75) is 50.6 Å². The van der Waals surface area contributed by atoms with Crippen molar-refractivity contribution in [2.75, 3.05) is 25.5 Å². The van der Waals surface area contributed by atoms with Gasteiger partial charge in [0.05, 0.1) is 23.2 Å². The number of carbonyl (C=O) groups excluding carboxylic acids is 1. The quantitative estimate of drug-likeness (QED) is 0.773. The van der Waals surface area contributed by atoms with Crippen LogP contribution >= 0.6 is 0 Å². The van der Waals surface area contributed by atoms with Gasteiger partial charge in [0, 0.05) is 32.6 Å². The fourth-order valence-corrected chi connectivity index (χ4v) is 5.90. The van der Waals surface area contributed by atoms with Gasteiger partial charge in [-0.1, -0.05) is 6.07 Å². The average Bonchev–Trinajstić information content (AvgIpc) is 3.25. The first-order valence-corrected chi connectivity index (χ1v) is 11.8. The Morgan fingerprint density at radius 1 is 1.26 bits per heavy atom. The lowest BCUT2D eigenvalue weighted by Crippen LogP contribution is -2.36. The zero-order chi connectivity index (χ0) is 22.3. The van der Waals surface area contributed by atoms with Gasteiger partial charge >= 0.3 is 0 Å². The normalized spacial score (nSPS) is 19.4. The Kier molecular flexibility index (Phi) is 5.69. The fourth-order valence-electron chi connectivity index (χ4n) is 4.23. The fraction of sp³-hybridized carbons (Fsp3) is 0.476. The Bertz CT molecular complexity index is 1140. The third-order valence-corrected chi connectivity index (χ3v) is 7.92. The van der Waals surface area contributed by atoms with Crippen molar-refractivity contribution < 1.29 is 17.6 Å². The van der Waals surface area contributed by atoms with Crippen LogP contribution in [0.5, 0.6) is 0 Å². The lowest BCUT2D eigenvalue weighted by Gasteiger charge is -2.30. The van der Waals surface area contributed by atoms with Gasteiger partial charge in [0.2, 0.25) is 15.9 Å². The van der Waals surface area contributed by atoms with Crippen LogP contribution in [0.4, 0.5) is 10.2 Å². The molecule has 1 aromatic carbocycles. The highest BCUT2D eigenvalue weighted by molar-refractivity contribution is 7.89. The van der Waals surface area contributed by atoms with E-state index in [-0.39, 0.29) is 10.8 Å². The summed E-state index contributed by atoms with van der Waals surface area (Å²) in [6.45, 7) is 4.41. The zero-order valence-corrected chi connectivity index (χ0v) is 18.7. The molecule has 0 aliphatic carbocycles. The summed E-state index contributed by atoms with van der Waals surface area (Å²) in [4.78, 5) is 22.8. The smallest absolute Gasteiger partial charge is 0.243 e. The number of hydrogen-bond donors (Lipinski definition) is 1. The van der Waals surface area contributed by atoms with Crippen molar-refractivity contribution in [3.63, 3.8) is 0 Å². The second kappa shape index (κ2) is 8.16. The zero-order valence-electron chi connectivity index (χ0n) is 17.9. The highest BCUT2D eigenvalue weighted by atomic mass is 32.2. The van der Waals surface area contributed by atoms with Gasteiger partial charge in [0.15, 0.2) is 0 Å². The van der Waals surface area contributed by atoms with E-state index in [9.17, 15) is 17.6 Å². The lowest BCUT2D eigenvalue weighted by atomic mass is 10.0. The minimum Gasteiger partial charge on any atom is -0.373 e. The predicted octanol–water partition coefficient (Wildman–Crippen LogP) is 2.40. The largest absolute Gasteiger partial charge is 0.373 e. The summed E-state index contributed by atoms with van der Waals surface area (Å²) in [5.74, 6) is 0.489. The minimum absolute atomic E-state index is 0.0247. The van der Waals surface area contributed by atoms with E-state index in [1.165, 1.54) is 23.4 Å². The number of sulfonamides is 1. The summed E-state index contributed by atoms with van der Waals surface area (Å²) in [6.07, 6.45) is 1.87. The first-order chi connectivity index (χ1) is 14.7. The van der Waals surface area contributed by atoms with Crippen molar-refractivity contribution in [3.05, 3.63) is 46.7 Å². The first kappa shape index (κ1) is 21.6. The number of benzene rings is 1. The molecule has 4 rings (SSSR count). The van der Waals surface area contributed by atoms with E-state index in [0.717, 1.165) is 17.3 Å². The topological polar surface area (TPSA) is 95.5 Å². The summed E-state index contributed by atoms with van der Waals surface area (Å²) in [7, 11) is -2.15. The minimum atomic E-state index is -3.91. The molecule has 2 aromatic rings. The van der Waals surface area contributed by atoms with Crippen molar-refractivity contribution in [1.29, 1.82) is 0 Å². The second-order valence-corrected chi connectivity index (χ2v) is 9.87. The van der Waals surface area contributed by atoms with Crippen molar-refractivity contribution in [1.82, 2.24) is 19.2 Å². The molecule has 2 aliphatic heterocycles. The molecule has 1 atom stereocenters. The summed E-state index contributed by atoms with van der Waals surface area (Å²) < 4.78 is 42.0. The molecular weight excluding hydrogens is 421 g/mol. The Morgan fingerprint density at radius 3 is 2.71 bits per heavy atom. The van der Waals surface area contributed by atoms with Crippen LogP contribution in [0.15, 0.2) is 23.1 Å². The van der Waals surface area contributed by atoms with Gasteiger partial charge in [-0.2, -0.15) is 4.31 Å². The van der Waals surface area contributed by atoms with Gasteiger partial charge in [-0.15, -0.1) is 0 Å². The summed E-state index contributed by atoms with van der Waals surface area (Å²) in [6, 6.07) is 3.43. The summed E-state index contributed by atoms with van der Waals surface area (Å²) in [5, 5.41) is 3.09. The van der Waals surface area contributed by atoms with Crippen LogP contribution in [0.2, 0.25) is 0 Å². The molecule has 31 heavy (non-hydrogen) atoms. The predicted molar refractivity (Wildman–Crippen MR) is 113 cm³/mol. The van der Waals surface area contributed by atoms with E-state index in [4.69, 9.17) is 4.98 Å². The number of fused-ring (bicyclic) bond motifs is 1. The molecule has 1 unspecified atom stereocenters. The van der Waals surface area contributed by atoms with E-state index in [1.54, 1.807) is 18.9 Å². The van der Waals surface area contributed by atoms with Gasteiger partial charge in [0.25, 0.3) is 0 Å². The van der Waals surface area contributed by atoms with Crippen LogP contribution in [0, 0.1) is 12.7 Å². The van der Waals surface area contributed by atoms with Crippen LogP contribution < -0.4 is 5.32 Å². The van der Waals surface area contributed by atoms with E-state index < -0.39 is 21.9 Å². The van der Waals surface area contributed by atoms with Gasteiger partial charge in [-0.05, 0) is 43.9 Å². The Balaban J connectivity index is 1.72. The molecule has 1 N–H and O–H groups in total. The average molecular weight is 448 g/mol. The Morgan fingerprint density at radius 2 is 2.03 bits per heavy atom. The van der Waals surface area contributed by atoms with Gasteiger partial charge in [0.1, 0.15) is 17.5 Å². The molecule has 1 fully saturated rings. The molecule has 8 nitrogen and oxygen atoms in total. The van der Waals surface area contributed by atoms with Crippen molar-refractivity contribution in [3.8, 4) is 0 Å². The monoisotopic (exact) mass is 447 g/mol. The van der Waals surface area contributed by atoms with E-state index >= 15 is 0 Å². The van der Waals surface area contributed by atoms with Gasteiger partial charge in [-0.25, -0.2) is 22.8 Å². The number of rotatable bonds is 4. The summed E-state index contributed by atoms with van der Waals surface area (Å²) >= 11 is 0. The SMILES string of the molecule is CNc1nc(C2CCCN2S(=O)(=O)c2ccc(C)c(F)c2)nc2c1CCN(C(C)=O)C2. The lowest BCUT2D eigenvalue weighted by molar-refractivity contribution is -0.129. The van der Waals surface area contributed by atoms with Crippen molar-refractivity contribution in [2.24, 2.45) is 0 Å². The van der Waals surface area contributed by atoms with Crippen LogP contribution in [0.1, 0.15) is 48.5 Å². The maximum atomic E-state index is 14.1. The molecule has 166 valence electrons.